The van der Waals surface area contributed by atoms with Crippen LogP contribution in [0.2, 0.25) is 0 Å². The summed E-state index contributed by atoms with van der Waals surface area (Å²) < 4.78 is 0. The predicted molar refractivity (Wildman–Crippen MR) is 83.1 cm³/mol. The van der Waals surface area contributed by atoms with E-state index in [0.717, 1.165) is 25.5 Å². The Balaban J connectivity index is 2.79. The van der Waals surface area contributed by atoms with Crippen LogP contribution < -0.4 is 5.32 Å². The minimum absolute atomic E-state index is 0.0516. The molecule has 1 aromatic heterocycles. The van der Waals surface area contributed by atoms with Gasteiger partial charge in [0.1, 0.15) is 5.82 Å². The highest BCUT2D eigenvalue weighted by atomic mass is 16.2. The number of amides is 1. The first kappa shape index (κ1) is 16.4. The third-order valence-electron chi connectivity index (χ3n) is 2.96. The van der Waals surface area contributed by atoms with Crippen LogP contribution in [-0.2, 0) is 0 Å². The van der Waals surface area contributed by atoms with Crippen LogP contribution in [-0.4, -0.2) is 61.5 Å². The third kappa shape index (κ3) is 5.17. The predicted octanol–water partition coefficient (Wildman–Crippen LogP) is 1.78. The highest BCUT2D eigenvalue weighted by molar-refractivity contribution is 5.94. The Morgan fingerprint density at radius 1 is 1.30 bits per heavy atom. The number of likely N-dealkylation sites (N-methyl/N-ethyl adjacent to an activating group) is 1. The number of hydrogen-bond donors (Lipinski definition) is 1. The molecule has 0 aliphatic carbocycles. The summed E-state index contributed by atoms with van der Waals surface area (Å²) in [5.41, 5.74) is 0.642. The number of anilines is 1. The zero-order valence-corrected chi connectivity index (χ0v) is 13.2. The largest absolute Gasteiger partial charge is 0.373 e. The number of carbonyl (C=O) groups is 1. The van der Waals surface area contributed by atoms with Gasteiger partial charge in [0.15, 0.2) is 0 Å². The van der Waals surface area contributed by atoms with Gasteiger partial charge in [-0.15, -0.1) is 0 Å². The van der Waals surface area contributed by atoms with Crippen LogP contribution in [0.1, 0.15) is 24.2 Å². The zero-order chi connectivity index (χ0) is 15.1. The van der Waals surface area contributed by atoms with Gasteiger partial charge in [0.05, 0.1) is 5.56 Å². The maximum absolute atomic E-state index is 12.5. The van der Waals surface area contributed by atoms with Crippen molar-refractivity contribution in [1.82, 2.24) is 14.8 Å². The van der Waals surface area contributed by atoms with Gasteiger partial charge in [-0.25, -0.2) is 4.98 Å². The molecule has 0 fully saturated rings. The van der Waals surface area contributed by atoms with E-state index in [-0.39, 0.29) is 5.91 Å². The molecular weight excluding hydrogens is 252 g/mol. The Kier molecular flexibility index (Phi) is 6.45. The molecule has 0 unspecified atom stereocenters. The average molecular weight is 278 g/mol. The van der Waals surface area contributed by atoms with Crippen molar-refractivity contribution >= 4 is 11.7 Å². The van der Waals surface area contributed by atoms with Gasteiger partial charge >= 0.3 is 0 Å². The SMILES string of the molecule is CNc1ccc(C(=O)N(CCN(C)C)CC(C)C)cn1. The average Bonchev–Trinajstić information content (AvgIpc) is 2.42. The minimum atomic E-state index is 0.0516. The molecule has 0 aromatic carbocycles. The summed E-state index contributed by atoms with van der Waals surface area (Å²) in [6, 6.07) is 3.65. The van der Waals surface area contributed by atoms with Crippen LogP contribution >= 0.6 is 0 Å². The Morgan fingerprint density at radius 2 is 2.00 bits per heavy atom. The van der Waals surface area contributed by atoms with Gasteiger partial charge in [0, 0.05) is 32.9 Å². The summed E-state index contributed by atoms with van der Waals surface area (Å²) in [5, 5.41) is 2.95. The quantitative estimate of drug-likeness (QED) is 0.826. The Morgan fingerprint density at radius 3 is 2.45 bits per heavy atom. The number of rotatable bonds is 7. The molecule has 112 valence electrons. The van der Waals surface area contributed by atoms with Crippen molar-refractivity contribution in [3.8, 4) is 0 Å². The van der Waals surface area contributed by atoms with Crippen molar-refractivity contribution < 1.29 is 4.79 Å². The van der Waals surface area contributed by atoms with Gasteiger partial charge in [0.2, 0.25) is 0 Å². The van der Waals surface area contributed by atoms with E-state index in [2.05, 4.69) is 29.0 Å². The lowest BCUT2D eigenvalue weighted by Gasteiger charge is -2.26. The van der Waals surface area contributed by atoms with Crippen molar-refractivity contribution in [2.24, 2.45) is 5.92 Å². The number of pyridine rings is 1. The van der Waals surface area contributed by atoms with Crippen LogP contribution in [0.25, 0.3) is 0 Å². The van der Waals surface area contributed by atoms with E-state index in [1.807, 2.05) is 38.2 Å². The van der Waals surface area contributed by atoms with Gasteiger partial charge in [-0.3, -0.25) is 4.79 Å². The molecule has 0 radical (unpaired) electrons. The summed E-state index contributed by atoms with van der Waals surface area (Å²) in [4.78, 5) is 20.7. The van der Waals surface area contributed by atoms with Crippen LogP contribution in [0.15, 0.2) is 18.3 Å². The van der Waals surface area contributed by atoms with Gasteiger partial charge in [0.25, 0.3) is 5.91 Å². The lowest BCUT2D eigenvalue weighted by Crippen LogP contribution is -2.39. The maximum atomic E-state index is 12.5. The van der Waals surface area contributed by atoms with E-state index < -0.39 is 0 Å². The molecule has 0 spiro atoms. The van der Waals surface area contributed by atoms with Crippen LogP contribution in [0, 0.1) is 5.92 Å². The summed E-state index contributed by atoms with van der Waals surface area (Å²) in [6.45, 7) is 6.61. The van der Waals surface area contributed by atoms with E-state index in [1.165, 1.54) is 0 Å². The minimum Gasteiger partial charge on any atom is -0.373 e. The fraction of sp³-hybridized carbons (Fsp3) is 0.600. The second-order valence-electron chi connectivity index (χ2n) is 5.63. The van der Waals surface area contributed by atoms with Crippen molar-refractivity contribution in [2.45, 2.75) is 13.8 Å². The molecular formula is C15H26N4O. The number of nitrogens with zero attached hydrogens (tertiary/aromatic N) is 3. The summed E-state index contributed by atoms with van der Waals surface area (Å²) >= 11 is 0. The van der Waals surface area contributed by atoms with Gasteiger partial charge < -0.3 is 15.1 Å². The van der Waals surface area contributed by atoms with E-state index in [1.54, 1.807) is 6.20 Å². The van der Waals surface area contributed by atoms with Crippen LogP contribution in [0.4, 0.5) is 5.82 Å². The van der Waals surface area contributed by atoms with E-state index in [4.69, 9.17) is 0 Å². The molecule has 1 aromatic rings. The normalized spacial score (nSPS) is 10.9. The van der Waals surface area contributed by atoms with Crippen molar-refractivity contribution in [3.05, 3.63) is 23.9 Å². The van der Waals surface area contributed by atoms with E-state index in [9.17, 15) is 4.79 Å². The maximum Gasteiger partial charge on any atom is 0.255 e. The Labute approximate surface area is 122 Å². The molecule has 1 amide bonds. The number of aromatic nitrogens is 1. The Hall–Kier alpha value is -1.62. The van der Waals surface area contributed by atoms with Gasteiger partial charge in [-0.05, 0) is 32.1 Å². The lowest BCUT2D eigenvalue weighted by atomic mass is 10.1. The number of nitrogens with one attached hydrogen (secondary N) is 1. The van der Waals surface area contributed by atoms with E-state index in [0.29, 0.717) is 11.5 Å². The number of carbonyl (C=O) groups excluding carboxylic acids is 1. The topological polar surface area (TPSA) is 48.5 Å². The second-order valence-corrected chi connectivity index (χ2v) is 5.63. The number of hydrogen-bond acceptors (Lipinski definition) is 4. The third-order valence-corrected chi connectivity index (χ3v) is 2.96. The molecule has 0 aliphatic rings. The fourth-order valence-corrected chi connectivity index (χ4v) is 1.89. The summed E-state index contributed by atoms with van der Waals surface area (Å²) in [6.07, 6.45) is 1.64. The van der Waals surface area contributed by atoms with Crippen LogP contribution in [0.3, 0.4) is 0 Å². The van der Waals surface area contributed by atoms with Gasteiger partial charge in [-0.2, -0.15) is 0 Å². The second kappa shape index (κ2) is 7.85. The molecule has 0 saturated carbocycles. The molecule has 1 N–H and O–H groups in total. The molecule has 0 atom stereocenters. The molecule has 5 nitrogen and oxygen atoms in total. The highest BCUT2D eigenvalue weighted by Crippen LogP contribution is 2.09. The monoisotopic (exact) mass is 278 g/mol. The smallest absolute Gasteiger partial charge is 0.255 e. The van der Waals surface area contributed by atoms with E-state index >= 15 is 0 Å². The molecule has 1 heterocycles. The summed E-state index contributed by atoms with van der Waals surface area (Å²) in [7, 11) is 5.84. The fourth-order valence-electron chi connectivity index (χ4n) is 1.89. The molecule has 0 saturated heterocycles. The van der Waals surface area contributed by atoms with Gasteiger partial charge in [-0.1, -0.05) is 13.8 Å². The first-order valence-corrected chi connectivity index (χ1v) is 7.01. The first-order valence-electron chi connectivity index (χ1n) is 7.01. The highest BCUT2D eigenvalue weighted by Gasteiger charge is 2.17. The molecule has 5 heteroatoms. The standard InChI is InChI=1S/C15H26N4O/c1-12(2)11-19(9-8-18(4)5)15(20)13-6-7-14(16-3)17-10-13/h6-7,10,12H,8-9,11H2,1-5H3,(H,16,17). The van der Waals surface area contributed by atoms with Crippen LogP contribution in [0.5, 0.6) is 0 Å². The van der Waals surface area contributed by atoms with Crippen molar-refractivity contribution in [3.63, 3.8) is 0 Å². The molecule has 20 heavy (non-hydrogen) atoms. The first-order chi connectivity index (χ1) is 9.43. The Bertz CT molecular complexity index is 414. The molecule has 0 aliphatic heterocycles. The van der Waals surface area contributed by atoms with Crippen molar-refractivity contribution in [1.29, 1.82) is 0 Å². The lowest BCUT2D eigenvalue weighted by molar-refractivity contribution is 0.0724. The molecule has 1 rings (SSSR count). The summed E-state index contributed by atoms with van der Waals surface area (Å²) in [5.74, 6) is 1.27. The molecule has 0 bridgehead atoms. The van der Waals surface area contributed by atoms with Crippen molar-refractivity contribution in [2.75, 3.05) is 46.1 Å². The zero-order valence-electron chi connectivity index (χ0n) is 13.2.